The molecule has 1 unspecified atom stereocenters. The fraction of sp³-hybridized carbons (Fsp3) is 0.320. The topological polar surface area (TPSA) is 44.6 Å². The van der Waals surface area contributed by atoms with Gasteiger partial charge < -0.3 is 9.80 Å². The number of hydrogen-bond donors (Lipinski definition) is 0. The maximum Gasteiger partial charge on any atom is 0.206 e. The maximum atomic E-state index is 4.95. The van der Waals surface area contributed by atoms with E-state index in [0.29, 0.717) is 5.92 Å². The number of aromatic nitrogens is 2. The van der Waals surface area contributed by atoms with Crippen molar-refractivity contribution in [2.45, 2.75) is 26.7 Å². The van der Waals surface area contributed by atoms with Crippen LogP contribution in [0.1, 0.15) is 35.2 Å². The normalized spacial score (nSPS) is 19.4. The van der Waals surface area contributed by atoms with Crippen LogP contribution >= 0.6 is 0 Å². The van der Waals surface area contributed by atoms with E-state index in [9.17, 15) is 0 Å². The van der Waals surface area contributed by atoms with Crippen molar-refractivity contribution in [2.24, 2.45) is 10.9 Å². The van der Waals surface area contributed by atoms with Gasteiger partial charge in [-0.25, -0.2) is 15.0 Å². The minimum Gasteiger partial charge on any atom is -0.342 e. The van der Waals surface area contributed by atoms with Crippen LogP contribution < -0.4 is 0 Å². The van der Waals surface area contributed by atoms with E-state index in [1.165, 1.54) is 22.3 Å². The van der Waals surface area contributed by atoms with Crippen molar-refractivity contribution in [3.05, 3.63) is 84.1 Å². The first-order chi connectivity index (χ1) is 14.4. The van der Waals surface area contributed by atoms with Gasteiger partial charge in [-0.15, -0.1) is 0 Å². The van der Waals surface area contributed by atoms with Crippen molar-refractivity contribution >= 4 is 17.2 Å². The third-order valence-corrected chi connectivity index (χ3v) is 6.02. The second-order valence-corrected chi connectivity index (χ2v) is 8.22. The molecule has 1 saturated heterocycles. The second-order valence-electron chi connectivity index (χ2n) is 8.22. The zero-order chi connectivity index (χ0) is 21.3. The molecule has 1 atom stereocenters. The smallest absolute Gasteiger partial charge is 0.206 e. The molecule has 1 fully saturated rings. The lowest BCUT2D eigenvalue weighted by Gasteiger charge is -2.40. The summed E-state index contributed by atoms with van der Waals surface area (Å²) < 4.78 is 0. The largest absolute Gasteiger partial charge is 0.342 e. The van der Waals surface area contributed by atoms with Crippen LogP contribution in [-0.2, 0) is 0 Å². The summed E-state index contributed by atoms with van der Waals surface area (Å²) in [4.78, 5) is 17.8. The van der Waals surface area contributed by atoms with Gasteiger partial charge in [-0.05, 0) is 55.5 Å². The van der Waals surface area contributed by atoms with Crippen molar-refractivity contribution in [2.75, 3.05) is 20.1 Å². The minimum absolute atomic E-state index is 0.401. The second kappa shape index (κ2) is 8.27. The SMILES string of the molecule is C=C(c1ccc(C)cc1C)C1CCCN(C2=NC(c3ccncn3)=CC(=C)N2C)C1. The third kappa shape index (κ3) is 3.92. The summed E-state index contributed by atoms with van der Waals surface area (Å²) in [6.07, 6.45) is 7.53. The average Bonchev–Trinajstić information content (AvgIpc) is 2.76. The molecular formula is C25H29N5. The Kier molecular flexibility index (Phi) is 5.53. The molecule has 0 saturated carbocycles. The molecule has 4 rings (SSSR count). The van der Waals surface area contributed by atoms with Crippen LogP contribution in [0.2, 0.25) is 0 Å². The van der Waals surface area contributed by atoms with Crippen LogP contribution in [0.3, 0.4) is 0 Å². The van der Waals surface area contributed by atoms with Crippen LogP contribution in [0, 0.1) is 19.8 Å². The van der Waals surface area contributed by atoms with Crippen LogP contribution in [0.15, 0.2) is 66.7 Å². The van der Waals surface area contributed by atoms with Gasteiger partial charge in [0.25, 0.3) is 0 Å². The monoisotopic (exact) mass is 399 g/mol. The summed E-state index contributed by atoms with van der Waals surface area (Å²) in [6.45, 7) is 14.9. The number of aryl methyl sites for hydroxylation is 2. The van der Waals surface area contributed by atoms with Crippen LogP contribution in [0.4, 0.5) is 0 Å². The van der Waals surface area contributed by atoms with Crippen LogP contribution in [-0.4, -0.2) is 45.9 Å². The number of piperidine rings is 1. The fourth-order valence-electron chi connectivity index (χ4n) is 4.29. The van der Waals surface area contributed by atoms with Gasteiger partial charge in [-0.1, -0.05) is 36.9 Å². The van der Waals surface area contributed by atoms with Crippen molar-refractivity contribution in [3.8, 4) is 0 Å². The Labute approximate surface area is 179 Å². The molecule has 2 aliphatic heterocycles. The highest BCUT2D eigenvalue weighted by atomic mass is 15.4. The van der Waals surface area contributed by atoms with Gasteiger partial charge in [0.15, 0.2) is 0 Å². The number of rotatable bonds is 3. The molecule has 154 valence electrons. The number of hydrogen-bond acceptors (Lipinski definition) is 5. The number of benzene rings is 1. The Hall–Kier alpha value is -3.21. The average molecular weight is 400 g/mol. The van der Waals surface area contributed by atoms with Gasteiger partial charge in [0.1, 0.15) is 6.33 Å². The Morgan fingerprint density at radius 1 is 1.20 bits per heavy atom. The Morgan fingerprint density at radius 3 is 2.77 bits per heavy atom. The molecule has 1 aromatic carbocycles. The molecule has 30 heavy (non-hydrogen) atoms. The van der Waals surface area contributed by atoms with E-state index in [-0.39, 0.29) is 0 Å². The fourth-order valence-corrected chi connectivity index (χ4v) is 4.29. The number of guanidine groups is 1. The van der Waals surface area contributed by atoms with Gasteiger partial charge in [0.05, 0.1) is 11.4 Å². The molecule has 5 heteroatoms. The lowest BCUT2D eigenvalue weighted by molar-refractivity contribution is 0.275. The lowest BCUT2D eigenvalue weighted by Crippen LogP contribution is -2.47. The molecule has 2 aliphatic rings. The van der Waals surface area contributed by atoms with Crippen molar-refractivity contribution < 1.29 is 0 Å². The quantitative estimate of drug-likeness (QED) is 0.752. The Morgan fingerprint density at radius 2 is 2.03 bits per heavy atom. The summed E-state index contributed by atoms with van der Waals surface area (Å²) in [5.74, 6) is 1.33. The molecule has 0 radical (unpaired) electrons. The zero-order valence-corrected chi connectivity index (χ0v) is 18.1. The van der Waals surface area contributed by atoms with Gasteiger partial charge in [0.2, 0.25) is 5.96 Å². The van der Waals surface area contributed by atoms with Gasteiger partial charge in [-0.3, -0.25) is 0 Å². The summed E-state index contributed by atoms with van der Waals surface area (Å²) >= 11 is 0. The molecule has 0 aliphatic carbocycles. The zero-order valence-electron chi connectivity index (χ0n) is 18.1. The number of aliphatic imine (C=N–C) groups is 1. The molecule has 0 amide bonds. The predicted octanol–water partition coefficient (Wildman–Crippen LogP) is 4.67. The number of nitrogens with zero attached hydrogens (tertiary/aromatic N) is 5. The maximum absolute atomic E-state index is 4.95. The molecule has 0 bridgehead atoms. The molecule has 1 aromatic heterocycles. The van der Waals surface area contributed by atoms with E-state index >= 15 is 0 Å². The predicted molar refractivity (Wildman–Crippen MR) is 124 cm³/mol. The number of likely N-dealkylation sites (tertiary alicyclic amines) is 1. The summed E-state index contributed by atoms with van der Waals surface area (Å²) in [5, 5.41) is 0. The van der Waals surface area contributed by atoms with E-state index in [2.05, 4.69) is 65.0 Å². The molecular weight excluding hydrogens is 370 g/mol. The van der Waals surface area contributed by atoms with Crippen molar-refractivity contribution in [1.82, 2.24) is 19.8 Å². The standard InChI is InChI=1S/C25H29N5/c1-17-8-9-22(18(2)13-17)20(4)21-7-6-12-30(15-21)25-28-24(14-19(3)29(25)5)23-10-11-26-16-27-23/h8-11,13-14,16,21H,3-4,6-7,12,15H2,1-2,5H3. The first kappa shape index (κ1) is 20.1. The number of allylic oxidation sites excluding steroid dienone is 1. The van der Waals surface area contributed by atoms with E-state index in [1.807, 2.05) is 19.2 Å². The van der Waals surface area contributed by atoms with Gasteiger partial charge >= 0.3 is 0 Å². The lowest BCUT2D eigenvalue weighted by atomic mass is 9.85. The highest BCUT2D eigenvalue weighted by molar-refractivity contribution is 5.91. The van der Waals surface area contributed by atoms with Crippen molar-refractivity contribution in [3.63, 3.8) is 0 Å². The summed E-state index contributed by atoms with van der Waals surface area (Å²) in [6, 6.07) is 8.51. The highest BCUT2D eigenvalue weighted by Gasteiger charge is 2.29. The Balaban J connectivity index is 1.59. The highest BCUT2D eigenvalue weighted by Crippen LogP contribution is 2.33. The van der Waals surface area contributed by atoms with Gasteiger partial charge in [-0.2, -0.15) is 0 Å². The molecule has 3 heterocycles. The minimum atomic E-state index is 0.401. The summed E-state index contributed by atoms with van der Waals surface area (Å²) in [7, 11) is 2.02. The van der Waals surface area contributed by atoms with E-state index in [1.54, 1.807) is 12.5 Å². The first-order valence-electron chi connectivity index (χ1n) is 10.4. The van der Waals surface area contributed by atoms with E-state index < -0.39 is 0 Å². The van der Waals surface area contributed by atoms with Gasteiger partial charge in [0, 0.05) is 37.9 Å². The third-order valence-electron chi connectivity index (χ3n) is 6.02. The van der Waals surface area contributed by atoms with E-state index in [0.717, 1.165) is 49.0 Å². The molecule has 2 aromatic rings. The Bertz CT molecular complexity index is 1030. The van der Waals surface area contributed by atoms with E-state index in [4.69, 9.17) is 4.99 Å². The summed E-state index contributed by atoms with van der Waals surface area (Å²) in [5.41, 5.74) is 7.63. The molecule has 5 nitrogen and oxygen atoms in total. The van der Waals surface area contributed by atoms with Crippen LogP contribution in [0.25, 0.3) is 11.3 Å². The van der Waals surface area contributed by atoms with Crippen molar-refractivity contribution in [1.29, 1.82) is 0 Å². The first-order valence-corrected chi connectivity index (χ1v) is 10.4. The molecule has 0 N–H and O–H groups in total. The molecule has 0 spiro atoms. The number of likely N-dealkylation sites (N-methyl/N-ethyl adjacent to an activating group) is 1. The van der Waals surface area contributed by atoms with Crippen LogP contribution in [0.5, 0.6) is 0 Å².